The van der Waals surface area contributed by atoms with Gasteiger partial charge in [-0.25, -0.2) is 5.06 Å². The maximum Gasteiger partial charge on any atom is 0.276 e. The van der Waals surface area contributed by atoms with Crippen molar-refractivity contribution in [3.05, 3.63) is 33.8 Å². The highest BCUT2D eigenvalue weighted by atomic mass is 79.9. The predicted octanol–water partition coefficient (Wildman–Crippen LogP) is 2.22. The Balaban J connectivity index is 3.04. The van der Waals surface area contributed by atoms with E-state index < -0.39 is 5.91 Å². The number of amides is 1. The number of nitrogens with zero attached hydrogens (tertiary/aromatic N) is 1. The molecule has 0 saturated heterocycles. The first-order valence-corrected chi connectivity index (χ1v) is 4.54. The number of halogens is 1. The van der Waals surface area contributed by atoms with Gasteiger partial charge in [0.1, 0.15) is 0 Å². The first-order valence-electron chi connectivity index (χ1n) is 3.75. The van der Waals surface area contributed by atoms with E-state index in [2.05, 4.69) is 15.9 Å². The van der Waals surface area contributed by atoms with Gasteiger partial charge in [-0.3, -0.25) is 10.0 Å². The third kappa shape index (κ3) is 2.29. The highest BCUT2D eigenvalue weighted by Crippen LogP contribution is 2.17. The molecular weight excluding hydrogens is 234 g/mol. The molecule has 0 bridgehead atoms. The van der Waals surface area contributed by atoms with Crippen LogP contribution in [0.3, 0.4) is 0 Å². The normalized spacial score (nSPS) is 9.85. The van der Waals surface area contributed by atoms with E-state index in [1.54, 1.807) is 12.1 Å². The van der Waals surface area contributed by atoms with E-state index in [0.29, 0.717) is 10.6 Å². The summed E-state index contributed by atoms with van der Waals surface area (Å²) >= 11 is 3.31. The molecule has 1 N–H and O–H groups in total. The summed E-state index contributed by atoms with van der Waals surface area (Å²) in [6.45, 7) is 1.93. The monoisotopic (exact) mass is 243 g/mol. The molecule has 0 aliphatic rings. The van der Waals surface area contributed by atoms with Crippen LogP contribution in [0.1, 0.15) is 15.9 Å². The van der Waals surface area contributed by atoms with Gasteiger partial charge in [0.05, 0.1) is 0 Å². The van der Waals surface area contributed by atoms with Crippen molar-refractivity contribution in [1.82, 2.24) is 5.06 Å². The minimum absolute atomic E-state index is 0.416. The number of carbonyl (C=O) groups excluding carboxylic acids is 1. The summed E-state index contributed by atoms with van der Waals surface area (Å²) in [4.78, 5) is 11.3. The maximum atomic E-state index is 11.3. The lowest BCUT2D eigenvalue weighted by Gasteiger charge is -2.08. The lowest BCUT2D eigenvalue weighted by molar-refractivity contribution is -0.0375. The maximum absolute atomic E-state index is 11.3. The summed E-state index contributed by atoms with van der Waals surface area (Å²) in [7, 11) is 1.30. The topological polar surface area (TPSA) is 40.5 Å². The summed E-state index contributed by atoms with van der Waals surface area (Å²) in [5.74, 6) is -0.416. The largest absolute Gasteiger partial charge is 0.286 e. The Hall–Kier alpha value is -0.870. The van der Waals surface area contributed by atoms with Crippen LogP contribution in [0.5, 0.6) is 0 Å². The van der Waals surface area contributed by atoms with Gasteiger partial charge < -0.3 is 0 Å². The SMILES string of the molecule is Cc1ccc(C(=O)N(C)O)cc1Br. The zero-order valence-electron chi connectivity index (χ0n) is 7.41. The van der Waals surface area contributed by atoms with Gasteiger partial charge in [0.2, 0.25) is 0 Å². The fourth-order valence-electron chi connectivity index (χ4n) is 0.913. The number of carbonyl (C=O) groups is 1. The van der Waals surface area contributed by atoms with Crippen molar-refractivity contribution >= 4 is 21.8 Å². The molecule has 0 radical (unpaired) electrons. The van der Waals surface area contributed by atoms with Gasteiger partial charge in [-0.05, 0) is 24.6 Å². The molecule has 0 aromatic heterocycles. The van der Waals surface area contributed by atoms with E-state index >= 15 is 0 Å². The molecule has 4 heteroatoms. The molecule has 0 heterocycles. The van der Waals surface area contributed by atoms with Gasteiger partial charge >= 0.3 is 0 Å². The van der Waals surface area contributed by atoms with Crippen molar-refractivity contribution in [2.45, 2.75) is 6.92 Å². The van der Waals surface area contributed by atoms with E-state index in [0.717, 1.165) is 10.0 Å². The standard InChI is InChI=1S/C9H10BrNO2/c1-6-3-4-7(5-8(6)10)9(12)11(2)13/h3-5,13H,1-2H3. The van der Waals surface area contributed by atoms with E-state index in [1.165, 1.54) is 7.05 Å². The minimum Gasteiger partial charge on any atom is -0.286 e. The summed E-state index contributed by atoms with van der Waals surface area (Å²) in [6, 6.07) is 5.18. The van der Waals surface area contributed by atoms with Crippen LogP contribution in [0.25, 0.3) is 0 Å². The minimum atomic E-state index is -0.416. The van der Waals surface area contributed by atoms with Gasteiger partial charge in [-0.1, -0.05) is 22.0 Å². The van der Waals surface area contributed by atoms with Crippen LogP contribution in [-0.2, 0) is 0 Å². The highest BCUT2D eigenvalue weighted by Gasteiger charge is 2.09. The quantitative estimate of drug-likeness (QED) is 0.607. The number of hydroxylamine groups is 2. The van der Waals surface area contributed by atoms with Crippen molar-refractivity contribution in [2.75, 3.05) is 7.05 Å². The molecule has 13 heavy (non-hydrogen) atoms. The molecule has 0 aliphatic carbocycles. The first-order chi connectivity index (χ1) is 6.02. The van der Waals surface area contributed by atoms with Crippen LogP contribution in [0.15, 0.2) is 22.7 Å². The van der Waals surface area contributed by atoms with Crippen LogP contribution in [-0.4, -0.2) is 23.2 Å². The van der Waals surface area contributed by atoms with Gasteiger partial charge in [-0.2, -0.15) is 0 Å². The van der Waals surface area contributed by atoms with Gasteiger partial charge in [0, 0.05) is 17.1 Å². The average molecular weight is 244 g/mol. The van der Waals surface area contributed by atoms with Crippen molar-refractivity contribution in [1.29, 1.82) is 0 Å². The number of benzene rings is 1. The molecule has 0 aliphatic heterocycles. The lowest BCUT2D eigenvalue weighted by atomic mass is 10.1. The molecule has 1 amide bonds. The number of rotatable bonds is 1. The molecule has 3 nitrogen and oxygen atoms in total. The van der Waals surface area contributed by atoms with E-state index in [1.807, 2.05) is 13.0 Å². The second-order valence-corrected chi connectivity index (χ2v) is 3.65. The van der Waals surface area contributed by atoms with Crippen molar-refractivity contribution in [2.24, 2.45) is 0 Å². The fourth-order valence-corrected chi connectivity index (χ4v) is 1.29. The Morgan fingerprint density at radius 1 is 1.54 bits per heavy atom. The Bertz CT molecular complexity index is 336. The lowest BCUT2D eigenvalue weighted by Crippen LogP contribution is -2.22. The van der Waals surface area contributed by atoms with Crippen molar-refractivity contribution < 1.29 is 10.0 Å². The summed E-state index contributed by atoms with van der Waals surface area (Å²) in [6.07, 6.45) is 0. The molecule has 0 spiro atoms. The smallest absolute Gasteiger partial charge is 0.276 e. The Kier molecular flexibility index (Phi) is 3.06. The van der Waals surface area contributed by atoms with Crippen molar-refractivity contribution in [3.8, 4) is 0 Å². The fraction of sp³-hybridized carbons (Fsp3) is 0.222. The molecule has 0 atom stereocenters. The molecule has 0 fully saturated rings. The molecule has 1 aromatic rings. The van der Waals surface area contributed by atoms with Crippen LogP contribution in [0, 0.1) is 6.92 Å². The molecular formula is C9H10BrNO2. The van der Waals surface area contributed by atoms with Crippen LogP contribution in [0.2, 0.25) is 0 Å². The molecule has 0 unspecified atom stereocenters. The van der Waals surface area contributed by atoms with Crippen LogP contribution in [0.4, 0.5) is 0 Å². The summed E-state index contributed by atoms with van der Waals surface area (Å²) in [5.41, 5.74) is 1.51. The molecule has 1 rings (SSSR count). The highest BCUT2D eigenvalue weighted by molar-refractivity contribution is 9.10. The van der Waals surface area contributed by atoms with E-state index in [9.17, 15) is 4.79 Å². The number of aryl methyl sites for hydroxylation is 1. The Morgan fingerprint density at radius 3 is 2.62 bits per heavy atom. The summed E-state index contributed by atoms with van der Waals surface area (Å²) in [5, 5.41) is 9.47. The second-order valence-electron chi connectivity index (χ2n) is 2.79. The molecule has 1 aromatic carbocycles. The number of hydrogen-bond donors (Lipinski definition) is 1. The third-order valence-electron chi connectivity index (χ3n) is 1.71. The molecule has 70 valence electrons. The average Bonchev–Trinajstić information content (AvgIpc) is 2.08. The van der Waals surface area contributed by atoms with Crippen molar-refractivity contribution in [3.63, 3.8) is 0 Å². The molecule has 0 saturated carbocycles. The Morgan fingerprint density at radius 2 is 2.15 bits per heavy atom. The zero-order chi connectivity index (χ0) is 10.0. The first kappa shape index (κ1) is 10.2. The second kappa shape index (κ2) is 3.89. The predicted molar refractivity (Wildman–Crippen MR) is 52.8 cm³/mol. The number of hydrogen-bond acceptors (Lipinski definition) is 2. The van der Waals surface area contributed by atoms with Crippen LogP contribution >= 0.6 is 15.9 Å². The Labute approximate surface area is 85.1 Å². The van der Waals surface area contributed by atoms with E-state index in [4.69, 9.17) is 5.21 Å². The summed E-state index contributed by atoms with van der Waals surface area (Å²) < 4.78 is 0.861. The third-order valence-corrected chi connectivity index (χ3v) is 2.57. The van der Waals surface area contributed by atoms with Gasteiger partial charge in [-0.15, -0.1) is 0 Å². The van der Waals surface area contributed by atoms with Gasteiger partial charge in [0.25, 0.3) is 5.91 Å². The van der Waals surface area contributed by atoms with Crippen LogP contribution < -0.4 is 0 Å². The zero-order valence-corrected chi connectivity index (χ0v) is 9.00. The van der Waals surface area contributed by atoms with E-state index in [-0.39, 0.29) is 0 Å². The van der Waals surface area contributed by atoms with Gasteiger partial charge in [0.15, 0.2) is 0 Å².